The SMILES string of the molecule is O=C(O)CCC(=O)N1CC(OCc2cccc3ccccc23)C1. The molecule has 23 heavy (non-hydrogen) atoms. The lowest BCUT2D eigenvalue weighted by molar-refractivity contribution is -0.148. The van der Waals surface area contributed by atoms with Gasteiger partial charge in [0.25, 0.3) is 0 Å². The van der Waals surface area contributed by atoms with Crippen molar-refractivity contribution in [1.82, 2.24) is 4.90 Å². The lowest BCUT2D eigenvalue weighted by Gasteiger charge is -2.39. The maximum absolute atomic E-state index is 11.7. The monoisotopic (exact) mass is 313 g/mol. The number of carbonyl (C=O) groups is 2. The van der Waals surface area contributed by atoms with Crippen LogP contribution in [0, 0.1) is 0 Å². The van der Waals surface area contributed by atoms with Crippen molar-refractivity contribution in [2.24, 2.45) is 0 Å². The van der Waals surface area contributed by atoms with Crippen LogP contribution in [-0.2, 0) is 20.9 Å². The Balaban J connectivity index is 1.49. The van der Waals surface area contributed by atoms with Crippen LogP contribution in [0.2, 0.25) is 0 Å². The van der Waals surface area contributed by atoms with Crippen molar-refractivity contribution in [2.45, 2.75) is 25.6 Å². The van der Waals surface area contributed by atoms with Gasteiger partial charge in [0.1, 0.15) is 0 Å². The van der Waals surface area contributed by atoms with Gasteiger partial charge in [-0.25, -0.2) is 0 Å². The second kappa shape index (κ2) is 6.79. The third-order valence-corrected chi connectivity index (χ3v) is 4.11. The van der Waals surface area contributed by atoms with E-state index in [-0.39, 0.29) is 24.9 Å². The van der Waals surface area contributed by atoms with E-state index in [0.29, 0.717) is 19.7 Å². The molecule has 2 aromatic carbocycles. The van der Waals surface area contributed by atoms with Gasteiger partial charge in [-0.2, -0.15) is 0 Å². The van der Waals surface area contributed by atoms with E-state index in [0.717, 1.165) is 5.56 Å². The highest BCUT2D eigenvalue weighted by molar-refractivity contribution is 5.85. The largest absolute Gasteiger partial charge is 0.481 e. The van der Waals surface area contributed by atoms with E-state index in [1.165, 1.54) is 10.8 Å². The molecule has 0 atom stereocenters. The predicted octanol–water partition coefficient (Wildman–Crippen LogP) is 2.43. The molecule has 1 N–H and O–H groups in total. The summed E-state index contributed by atoms with van der Waals surface area (Å²) in [5.74, 6) is -1.06. The second-order valence-electron chi connectivity index (χ2n) is 5.76. The Morgan fingerprint density at radius 2 is 1.83 bits per heavy atom. The summed E-state index contributed by atoms with van der Waals surface area (Å²) in [6.45, 7) is 1.61. The van der Waals surface area contributed by atoms with Gasteiger partial charge in [0.2, 0.25) is 5.91 Å². The molecule has 0 aliphatic carbocycles. The molecule has 0 unspecified atom stereocenters. The molecule has 1 amide bonds. The molecule has 0 aromatic heterocycles. The number of rotatable bonds is 6. The minimum absolute atomic E-state index is 0.0303. The first kappa shape index (κ1) is 15.5. The lowest BCUT2D eigenvalue weighted by atomic mass is 10.1. The van der Waals surface area contributed by atoms with Gasteiger partial charge in [0.15, 0.2) is 0 Å². The number of carboxylic acid groups (broad SMARTS) is 1. The van der Waals surface area contributed by atoms with E-state index < -0.39 is 5.97 Å². The van der Waals surface area contributed by atoms with Gasteiger partial charge in [-0.3, -0.25) is 9.59 Å². The average molecular weight is 313 g/mol. The van der Waals surface area contributed by atoms with Crippen LogP contribution in [0.3, 0.4) is 0 Å². The Hall–Kier alpha value is -2.40. The summed E-state index contributed by atoms with van der Waals surface area (Å²) >= 11 is 0. The van der Waals surface area contributed by atoms with Crippen LogP contribution in [0.1, 0.15) is 18.4 Å². The Morgan fingerprint density at radius 1 is 1.09 bits per heavy atom. The molecular formula is C18H19NO4. The molecular weight excluding hydrogens is 294 g/mol. The molecule has 0 bridgehead atoms. The molecule has 120 valence electrons. The highest BCUT2D eigenvalue weighted by Crippen LogP contribution is 2.21. The van der Waals surface area contributed by atoms with Crippen molar-refractivity contribution in [3.05, 3.63) is 48.0 Å². The van der Waals surface area contributed by atoms with Crippen LogP contribution >= 0.6 is 0 Å². The van der Waals surface area contributed by atoms with Crippen molar-refractivity contribution >= 4 is 22.6 Å². The summed E-state index contributed by atoms with van der Waals surface area (Å²) in [6, 6.07) is 14.3. The van der Waals surface area contributed by atoms with Gasteiger partial charge in [-0.05, 0) is 16.3 Å². The van der Waals surface area contributed by atoms with E-state index in [4.69, 9.17) is 9.84 Å². The van der Waals surface area contributed by atoms with Crippen molar-refractivity contribution in [2.75, 3.05) is 13.1 Å². The zero-order chi connectivity index (χ0) is 16.2. The molecule has 1 saturated heterocycles. The number of benzene rings is 2. The Kier molecular flexibility index (Phi) is 4.57. The number of nitrogens with zero attached hydrogens (tertiary/aromatic N) is 1. The van der Waals surface area contributed by atoms with Gasteiger partial charge < -0.3 is 14.7 Å². The zero-order valence-electron chi connectivity index (χ0n) is 12.8. The third kappa shape index (κ3) is 3.68. The zero-order valence-corrected chi connectivity index (χ0v) is 12.8. The van der Waals surface area contributed by atoms with Crippen LogP contribution < -0.4 is 0 Å². The molecule has 3 rings (SSSR count). The molecule has 1 heterocycles. The van der Waals surface area contributed by atoms with Gasteiger partial charge >= 0.3 is 5.97 Å². The van der Waals surface area contributed by atoms with Crippen LogP contribution in [0.15, 0.2) is 42.5 Å². The van der Waals surface area contributed by atoms with Crippen LogP contribution in [0.25, 0.3) is 10.8 Å². The van der Waals surface area contributed by atoms with E-state index in [1.807, 2.05) is 18.2 Å². The lowest BCUT2D eigenvalue weighted by Crippen LogP contribution is -2.54. The summed E-state index contributed by atoms with van der Waals surface area (Å²) in [5, 5.41) is 11.0. The predicted molar refractivity (Wildman–Crippen MR) is 86.0 cm³/mol. The number of hydrogen-bond acceptors (Lipinski definition) is 3. The first-order valence-electron chi connectivity index (χ1n) is 7.71. The highest BCUT2D eigenvalue weighted by atomic mass is 16.5. The smallest absolute Gasteiger partial charge is 0.303 e. The number of likely N-dealkylation sites (tertiary alicyclic amines) is 1. The standard InChI is InChI=1S/C18H19NO4/c20-17(8-9-18(21)22)19-10-15(11-19)23-12-14-6-3-5-13-4-1-2-7-16(13)14/h1-7,15H,8-12H2,(H,21,22). The number of hydrogen-bond donors (Lipinski definition) is 1. The summed E-state index contributed by atoms with van der Waals surface area (Å²) in [5.41, 5.74) is 1.14. The van der Waals surface area contributed by atoms with Crippen LogP contribution in [0.4, 0.5) is 0 Å². The fourth-order valence-corrected chi connectivity index (χ4v) is 2.75. The van der Waals surface area contributed by atoms with Crippen molar-refractivity contribution in [3.8, 4) is 0 Å². The summed E-state index contributed by atoms with van der Waals surface area (Å²) in [7, 11) is 0. The minimum atomic E-state index is -0.942. The number of fused-ring (bicyclic) bond motifs is 1. The third-order valence-electron chi connectivity index (χ3n) is 4.11. The van der Waals surface area contributed by atoms with Gasteiger partial charge in [0, 0.05) is 19.5 Å². The molecule has 1 fully saturated rings. The van der Waals surface area contributed by atoms with Crippen molar-refractivity contribution < 1.29 is 19.4 Å². The first-order chi connectivity index (χ1) is 11.1. The van der Waals surface area contributed by atoms with Crippen molar-refractivity contribution in [3.63, 3.8) is 0 Å². The Morgan fingerprint density at radius 3 is 2.61 bits per heavy atom. The Bertz CT molecular complexity index is 717. The van der Waals surface area contributed by atoms with E-state index in [9.17, 15) is 9.59 Å². The van der Waals surface area contributed by atoms with Crippen molar-refractivity contribution in [1.29, 1.82) is 0 Å². The maximum atomic E-state index is 11.7. The van der Waals surface area contributed by atoms with E-state index >= 15 is 0 Å². The van der Waals surface area contributed by atoms with Gasteiger partial charge in [0.05, 0.1) is 19.1 Å². The fraction of sp³-hybridized carbons (Fsp3) is 0.333. The molecule has 5 heteroatoms. The summed E-state index contributed by atoms with van der Waals surface area (Å²) < 4.78 is 5.87. The summed E-state index contributed by atoms with van der Waals surface area (Å²) in [6.07, 6.45) is -0.0230. The molecule has 0 saturated carbocycles. The van der Waals surface area contributed by atoms with Crippen LogP contribution in [-0.4, -0.2) is 41.1 Å². The average Bonchev–Trinajstić information content (AvgIpc) is 2.51. The highest BCUT2D eigenvalue weighted by Gasteiger charge is 2.31. The Labute approximate surface area is 134 Å². The van der Waals surface area contributed by atoms with Crippen LogP contribution in [0.5, 0.6) is 0 Å². The van der Waals surface area contributed by atoms with E-state index in [1.54, 1.807) is 4.90 Å². The molecule has 1 aliphatic rings. The topological polar surface area (TPSA) is 66.8 Å². The number of amides is 1. The maximum Gasteiger partial charge on any atom is 0.303 e. The summed E-state index contributed by atoms with van der Waals surface area (Å²) in [4.78, 5) is 23.8. The second-order valence-corrected chi connectivity index (χ2v) is 5.76. The first-order valence-corrected chi connectivity index (χ1v) is 7.71. The molecule has 1 aliphatic heterocycles. The number of ether oxygens (including phenoxy) is 1. The van der Waals surface area contributed by atoms with E-state index in [2.05, 4.69) is 24.3 Å². The number of carbonyl (C=O) groups excluding carboxylic acids is 1. The molecule has 0 spiro atoms. The normalized spacial score (nSPS) is 14.7. The minimum Gasteiger partial charge on any atom is -0.481 e. The van der Waals surface area contributed by atoms with Gasteiger partial charge in [-0.1, -0.05) is 42.5 Å². The molecule has 0 radical (unpaired) electrons. The number of carboxylic acids is 1. The molecule has 5 nitrogen and oxygen atoms in total. The van der Waals surface area contributed by atoms with Gasteiger partial charge in [-0.15, -0.1) is 0 Å². The fourth-order valence-electron chi connectivity index (χ4n) is 2.75. The molecule has 2 aromatic rings. The number of aliphatic carboxylic acids is 1. The quantitative estimate of drug-likeness (QED) is 0.889.